The number of benzene rings is 1. The van der Waals surface area contributed by atoms with Crippen LogP contribution in [0.4, 0.5) is 4.39 Å². The van der Waals surface area contributed by atoms with Crippen molar-refractivity contribution in [3.05, 3.63) is 72.1 Å². The van der Waals surface area contributed by atoms with Crippen LogP contribution in [0.3, 0.4) is 0 Å². The third-order valence-electron chi connectivity index (χ3n) is 3.73. The molecule has 1 aliphatic heterocycles. The number of carbonyl (C=O) groups excluding carboxylic acids is 1. The lowest BCUT2D eigenvalue weighted by Gasteiger charge is -2.13. The molecule has 0 bridgehead atoms. The highest BCUT2D eigenvalue weighted by Crippen LogP contribution is 2.26. The van der Waals surface area contributed by atoms with Gasteiger partial charge in [-0.05, 0) is 17.7 Å². The van der Waals surface area contributed by atoms with Crippen molar-refractivity contribution in [2.75, 3.05) is 13.1 Å². The largest absolute Gasteiger partial charge is 0.503 e. The molecule has 0 atom stereocenters. The zero-order valence-corrected chi connectivity index (χ0v) is 13.4. The van der Waals surface area contributed by atoms with Crippen molar-refractivity contribution < 1.29 is 19.0 Å². The monoisotopic (exact) mass is 341 g/mol. The molecule has 7 heteroatoms. The average molecular weight is 341 g/mol. The Morgan fingerprint density at radius 1 is 1.32 bits per heavy atom. The Kier molecular flexibility index (Phi) is 4.74. The fourth-order valence-corrected chi connectivity index (χ4v) is 2.44. The number of ether oxygens (including phenoxy) is 1. The van der Waals surface area contributed by atoms with Crippen molar-refractivity contribution in [3.8, 4) is 5.88 Å². The minimum absolute atomic E-state index is 0.212. The van der Waals surface area contributed by atoms with E-state index in [1.807, 2.05) is 0 Å². The zero-order chi connectivity index (χ0) is 17.8. The first-order chi connectivity index (χ1) is 12.1. The van der Waals surface area contributed by atoms with Crippen molar-refractivity contribution in [2.24, 2.45) is 0 Å². The summed E-state index contributed by atoms with van der Waals surface area (Å²) in [5.74, 6) is -0.804. The predicted molar refractivity (Wildman–Crippen MR) is 89.1 cm³/mol. The molecule has 1 aliphatic rings. The molecule has 1 amide bonds. The quantitative estimate of drug-likeness (QED) is 0.817. The van der Waals surface area contributed by atoms with Crippen LogP contribution in [0.15, 0.2) is 55.1 Å². The SMILES string of the molecule is C=CCN1CC(c2cc(OCc3ccc(F)cc3)ncn2)=C(O)C1=O. The molecule has 0 unspecified atom stereocenters. The van der Waals surface area contributed by atoms with Gasteiger partial charge in [0, 0.05) is 18.2 Å². The highest BCUT2D eigenvalue weighted by atomic mass is 19.1. The first-order valence-corrected chi connectivity index (χ1v) is 7.60. The summed E-state index contributed by atoms with van der Waals surface area (Å²) >= 11 is 0. The standard InChI is InChI=1S/C18H16FN3O3/c1-2-7-22-9-14(17(23)18(22)24)15-8-16(21-11-20-15)25-10-12-3-5-13(19)6-4-12/h2-6,8,11,23H,1,7,9-10H2. The lowest BCUT2D eigenvalue weighted by atomic mass is 10.2. The normalized spacial score (nSPS) is 14.1. The highest BCUT2D eigenvalue weighted by Gasteiger charge is 2.31. The molecule has 2 aromatic rings. The summed E-state index contributed by atoms with van der Waals surface area (Å²) in [5, 5.41) is 10.1. The summed E-state index contributed by atoms with van der Waals surface area (Å²) in [4.78, 5) is 21.5. The molecule has 0 fully saturated rings. The Morgan fingerprint density at radius 2 is 2.08 bits per heavy atom. The summed E-state index contributed by atoms with van der Waals surface area (Å²) in [6, 6.07) is 7.50. The van der Waals surface area contributed by atoms with Crippen LogP contribution in [0.5, 0.6) is 5.88 Å². The number of amides is 1. The van der Waals surface area contributed by atoms with E-state index in [0.717, 1.165) is 5.56 Å². The topological polar surface area (TPSA) is 75.6 Å². The van der Waals surface area contributed by atoms with Gasteiger partial charge < -0.3 is 14.7 Å². The average Bonchev–Trinajstić information content (AvgIpc) is 2.90. The van der Waals surface area contributed by atoms with Gasteiger partial charge in [0.2, 0.25) is 5.88 Å². The summed E-state index contributed by atoms with van der Waals surface area (Å²) in [6.45, 7) is 4.38. The third kappa shape index (κ3) is 3.65. The van der Waals surface area contributed by atoms with E-state index in [2.05, 4.69) is 16.5 Å². The summed E-state index contributed by atoms with van der Waals surface area (Å²) in [6.07, 6.45) is 2.89. The van der Waals surface area contributed by atoms with E-state index in [1.54, 1.807) is 24.3 Å². The molecule has 3 rings (SSSR count). The Morgan fingerprint density at radius 3 is 2.80 bits per heavy atom. The second-order valence-electron chi connectivity index (χ2n) is 5.46. The number of carbonyl (C=O) groups is 1. The van der Waals surface area contributed by atoms with Gasteiger partial charge in [0.05, 0.1) is 12.2 Å². The van der Waals surface area contributed by atoms with Crippen molar-refractivity contribution in [1.29, 1.82) is 0 Å². The Balaban J connectivity index is 1.74. The molecule has 128 valence electrons. The maximum Gasteiger partial charge on any atom is 0.289 e. The molecular weight excluding hydrogens is 325 g/mol. The molecule has 0 spiro atoms. The fourth-order valence-electron chi connectivity index (χ4n) is 2.44. The van der Waals surface area contributed by atoms with Gasteiger partial charge in [0.1, 0.15) is 18.8 Å². The maximum atomic E-state index is 12.9. The van der Waals surface area contributed by atoms with E-state index in [4.69, 9.17) is 4.74 Å². The van der Waals surface area contributed by atoms with E-state index in [-0.39, 0.29) is 24.7 Å². The Bertz CT molecular complexity index is 834. The van der Waals surface area contributed by atoms with Gasteiger partial charge in [-0.2, -0.15) is 0 Å². The number of aliphatic hydroxyl groups excluding tert-OH is 1. The smallest absolute Gasteiger partial charge is 0.289 e. The molecule has 25 heavy (non-hydrogen) atoms. The van der Waals surface area contributed by atoms with Gasteiger partial charge in [-0.25, -0.2) is 14.4 Å². The number of aliphatic hydroxyl groups is 1. The van der Waals surface area contributed by atoms with Crippen LogP contribution in [0.25, 0.3) is 5.57 Å². The van der Waals surface area contributed by atoms with Crippen LogP contribution >= 0.6 is 0 Å². The number of rotatable bonds is 6. The number of nitrogens with zero attached hydrogens (tertiary/aromatic N) is 3. The summed E-state index contributed by atoms with van der Waals surface area (Å²) in [7, 11) is 0. The number of aromatic nitrogens is 2. The summed E-state index contributed by atoms with van der Waals surface area (Å²) in [5.41, 5.74) is 1.62. The third-order valence-corrected chi connectivity index (χ3v) is 3.73. The van der Waals surface area contributed by atoms with Crippen LogP contribution in [0, 0.1) is 5.82 Å². The molecule has 2 heterocycles. The van der Waals surface area contributed by atoms with Gasteiger partial charge >= 0.3 is 0 Å². The van der Waals surface area contributed by atoms with Crippen molar-refractivity contribution in [2.45, 2.75) is 6.61 Å². The molecule has 0 aliphatic carbocycles. The number of hydrogen-bond donors (Lipinski definition) is 1. The van der Waals surface area contributed by atoms with Crippen molar-refractivity contribution in [1.82, 2.24) is 14.9 Å². The van der Waals surface area contributed by atoms with Gasteiger partial charge in [-0.15, -0.1) is 6.58 Å². The van der Waals surface area contributed by atoms with Gasteiger partial charge in [-0.3, -0.25) is 4.79 Å². The number of halogens is 1. The van der Waals surface area contributed by atoms with Gasteiger partial charge in [0.15, 0.2) is 5.76 Å². The lowest BCUT2D eigenvalue weighted by Crippen LogP contribution is -2.27. The minimum atomic E-state index is -0.456. The molecule has 0 saturated carbocycles. The highest BCUT2D eigenvalue weighted by molar-refractivity contribution is 6.03. The number of hydrogen-bond acceptors (Lipinski definition) is 5. The summed E-state index contributed by atoms with van der Waals surface area (Å²) < 4.78 is 18.5. The van der Waals surface area contributed by atoms with E-state index < -0.39 is 5.91 Å². The Hall–Kier alpha value is -3.22. The lowest BCUT2D eigenvalue weighted by molar-refractivity contribution is -0.127. The fraction of sp³-hybridized carbons (Fsp3) is 0.167. The van der Waals surface area contributed by atoms with Gasteiger partial charge in [0.25, 0.3) is 5.91 Å². The van der Waals surface area contributed by atoms with E-state index in [1.165, 1.54) is 23.4 Å². The second kappa shape index (κ2) is 7.12. The van der Waals surface area contributed by atoms with Gasteiger partial charge in [-0.1, -0.05) is 18.2 Å². The maximum absolute atomic E-state index is 12.9. The van der Waals surface area contributed by atoms with E-state index in [9.17, 15) is 14.3 Å². The molecular formula is C18H16FN3O3. The van der Waals surface area contributed by atoms with Crippen LogP contribution in [-0.2, 0) is 11.4 Å². The van der Waals surface area contributed by atoms with E-state index in [0.29, 0.717) is 23.7 Å². The molecule has 1 aromatic carbocycles. The molecule has 1 N–H and O–H groups in total. The first-order valence-electron chi connectivity index (χ1n) is 7.60. The molecule has 0 radical (unpaired) electrons. The zero-order valence-electron chi connectivity index (χ0n) is 13.4. The Labute approximate surface area is 143 Å². The molecule has 0 saturated heterocycles. The van der Waals surface area contributed by atoms with E-state index >= 15 is 0 Å². The molecule has 6 nitrogen and oxygen atoms in total. The van der Waals surface area contributed by atoms with Crippen LogP contribution < -0.4 is 4.74 Å². The van der Waals surface area contributed by atoms with Crippen LogP contribution in [-0.4, -0.2) is 39.0 Å². The van der Waals surface area contributed by atoms with Crippen molar-refractivity contribution >= 4 is 11.5 Å². The van der Waals surface area contributed by atoms with Crippen molar-refractivity contribution in [3.63, 3.8) is 0 Å². The van der Waals surface area contributed by atoms with Crippen LogP contribution in [0.2, 0.25) is 0 Å². The predicted octanol–water partition coefficient (Wildman–Crippen LogP) is 2.49. The minimum Gasteiger partial charge on any atom is -0.503 e. The second-order valence-corrected chi connectivity index (χ2v) is 5.46. The first kappa shape index (κ1) is 16.6. The molecule has 1 aromatic heterocycles. The van der Waals surface area contributed by atoms with Crippen LogP contribution in [0.1, 0.15) is 11.3 Å².